The van der Waals surface area contributed by atoms with Crippen LogP contribution in [0, 0.1) is 6.92 Å². The number of hydrogen-bond acceptors (Lipinski definition) is 5. The Labute approximate surface area is 141 Å². The van der Waals surface area contributed by atoms with Gasteiger partial charge in [0.2, 0.25) is 0 Å². The van der Waals surface area contributed by atoms with Crippen LogP contribution in [0.2, 0.25) is 0 Å². The molecule has 3 aromatic rings. The van der Waals surface area contributed by atoms with Gasteiger partial charge in [-0.25, -0.2) is 4.98 Å². The van der Waals surface area contributed by atoms with Crippen molar-refractivity contribution in [3.8, 4) is 0 Å². The highest BCUT2D eigenvalue weighted by molar-refractivity contribution is 5.46. The van der Waals surface area contributed by atoms with Gasteiger partial charge in [0.05, 0.1) is 19.3 Å². The van der Waals surface area contributed by atoms with E-state index in [4.69, 9.17) is 4.74 Å². The second kappa shape index (κ2) is 6.57. The van der Waals surface area contributed by atoms with E-state index in [0.717, 1.165) is 25.2 Å². The van der Waals surface area contributed by atoms with Crippen LogP contribution < -0.4 is 4.90 Å². The Morgan fingerprint density at radius 2 is 2.21 bits per heavy atom. The summed E-state index contributed by atoms with van der Waals surface area (Å²) in [4.78, 5) is 10.8. The summed E-state index contributed by atoms with van der Waals surface area (Å²) < 4.78 is 7.81. The van der Waals surface area contributed by atoms with Crippen LogP contribution in [0.1, 0.15) is 24.0 Å². The van der Waals surface area contributed by atoms with Crippen LogP contribution in [0.25, 0.3) is 5.78 Å². The molecule has 3 heterocycles. The number of hydrogen-bond donors (Lipinski definition) is 0. The third kappa shape index (κ3) is 2.97. The van der Waals surface area contributed by atoms with E-state index >= 15 is 0 Å². The van der Waals surface area contributed by atoms with Gasteiger partial charge in [-0.05, 0) is 31.4 Å². The number of nitrogens with zero attached hydrogens (tertiary/aromatic N) is 5. The lowest BCUT2D eigenvalue weighted by Crippen LogP contribution is -2.34. The Morgan fingerprint density at radius 3 is 3.12 bits per heavy atom. The highest BCUT2D eigenvalue weighted by Crippen LogP contribution is 2.25. The first kappa shape index (κ1) is 15.1. The molecule has 4 rings (SSSR count). The molecule has 24 heavy (non-hydrogen) atoms. The molecule has 1 unspecified atom stereocenters. The van der Waals surface area contributed by atoms with E-state index in [1.807, 2.05) is 6.07 Å². The molecule has 0 bridgehead atoms. The summed E-state index contributed by atoms with van der Waals surface area (Å²) in [5, 5.41) is 4.30. The number of aryl methyl sites for hydroxylation is 1. The van der Waals surface area contributed by atoms with Gasteiger partial charge in [-0.1, -0.05) is 29.8 Å². The van der Waals surface area contributed by atoms with Crippen LogP contribution in [0.4, 0.5) is 5.82 Å². The first-order valence-electron chi connectivity index (χ1n) is 8.36. The number of rotatable bonds is 5. The fourth-order valence-electron chi connectivity index (χ4n) is 3.37. The minimum Gasteiger partial charge on any atom is -0.375 e. The molecule has 6 heteroatoms. The summed E-state index contributed by atoms with van der Waals surface area (Å²) in [6, 6.07) is 10.8. The zero-order valence-corrected chi connectivity index (χ0v) is 13.8. The molecule has 2 aromatic heterocycles. The maximum atomic E-state index is 6.00. The molecule has 1 aromatic carbocycles. The summed E-state index contributed by atoms with van der Waals surface area (Å²) >= 11 is 0. The van der Waals surface area contributed by atoms with Gasteiger partial charge in [-0.3, -0.25) is 0 Å². The summed E-state index contributed by atoms with van der Waals surface area (Å²) in [5.74, 6) is 1.68. The van der Waals surface area contributed by atoms with Crippen molar-refractivity contribution in [2.45, 2.75) is 32.4 Å². The molecule has 1 saturated heterocycles. The Bertz CT molecular complexity index is 831. The van der Waals surface area contributed by atoms with Crippen LogP contribution in [0.5, 0.6) is 0 Å². The highest BCUT2D eigenvalue weighted by Gasteiger charge is 2.27. The van der Waals surface area contributed by atoms with Gasteiger partial charge in [0.25, 0.3) is 5.78 Å². The van der Waals surface area contributed by atoms with Crippen molar-refractivity contribution in [1.82, 2.24) is 19.6 Å². The average Bonchev–Trinajstić information content (AvgIpc) is 3.23. The van der Waals surface area contributed by atoms with Crippen molar-refractivity contribution in [3.63, 3.8) is 0 Å². The molecule has 0 radical (unpaired) electrons. The molecule has 0 saturated carbocycles. The monoisotopic (exact) mass is 323 g/mol. The predicted octanol–water partition coefficient (Wildman–Crippen LogP) is 2.62. The molecule has 0 spiro atoms. The van der Waals surface area contributed by atoms with E-state index in [1.165, 1.54) is 11.1 Å². The molecular formula is C18H21N5O. The van der Waals surface area contributed by atoms with E-state index < -0.39 is 0 Å². The number of benzene rings is 1. The highest BCUT2D eigenvalue weighted by atomic mass is 16.5. The molecule has 1 aliphatic heterocycles. The van der Waals surface area contributed by atoms with E-state index in [0.29, 0.717) is 25.0 Å². The lowest BCUT2D eigenvalue weighted by molar-refractivity contribution is 0.108. The number of fused-ring (bicyclic) bond motifs is 1. The Kier molecular flexibility index (Phi) is 4.13. The molecule has 124 valence electrons. The van der Waals surface area contributed by atoms with Crippen molar-refractivity contribution in [2.75, 3.05) is 18.1 Å². The number of aromatic nitrogens is 4. The van der Waals surface area contributed by atoms with Crippen LogP contribution in [-0.2, 0) is 11.3 Å². The minimum atomic E-state index is 0.365. The van der Waals surface area contributed by atoms with Crippen molar-refractivity contribution >= 4 is 11.6 Å². The zero-order valence-electron chi connectivity index (χ0n) is 13.8. The lowest BCUT2D eigenvalue weighted by atomic mass is 10.1. The van der Waals surface area contributed by atoms with Crippen LogP contribution in [0.15, 0.2) is 42.9 Å². The zero-order chi connectivity index (χ0) is 16.4. The molecule has 0 N–H and O–H groups in total. The number of ether oxygens (including phenoxy) is 1. The third-order valence-electron chi connectivity index (χ3n) is 4.49. The van der Waals surface area contributed by atoms with E-state index in [2.05, 4.69) is 51.2 Å². The second-order valence-electron chi connectivity index (χ2n) is 6.27. The molecular weight excluding hydrogens is 302 g/mol. The SMILES string of the molecule is Cc1cccc(COCC2CCCN2c2ccnc3ncnn23)c1. The maximum absolute atomic E-state index is 6.00. The van der Waals surface area contributed by atoms with Crippen molar-refractivity contribution in [3.05, 3.63) is 54.0 Å². The van der Waals surface area contributed by atoms with Crippen LogP contribution in [0.3, 0.4) is 0 Å². The largest absolute Gasteiger partial charge is 0.375 e. The van der Waals surface area contributed by atoms with Gasteiger partial charge in [-0.15, -0.1) is 0 Å². The third-order valence-corrected chi connectivity index (χ3v) is 4.49. The topological polar surface area (TPSA) is 55.5 Å². The van der Waals surface area contributed by atoms with Crippen molar-refractivity contribution in [1.29, 1.82) is 0 Å². The summed E-state index contributed by atoms with van der Waals surface area (Å²) in [6.07, 6.45) is 5.64. The van der Waals surface area contributed by atoms with Gasteiger partial charge in [-0.2, -0.15) is 14.6 Å². The van der Waals surface area contributed by atoms with Gasteiger partial charge in [0.1, 0.15) is 12.1 Å². The summed E-state index contributed by atoms with van der Waals surface area (Å²) in [7, 11) is 0. The summed E-state index contributed by atoms with van der Waals surface area (Å²) in [6.45, 7) is 4.49. The Hall–Kier alpha value is -2.47. The van der Waals surface area contributed by atoms with E-state index in [9.17, 15) is 0 Å². The average molecular weight is 323 g/mol. The molecule has 0 aliphatic carbocycles. The quantitative estimate of drug-likeness (QED) is 0.722. The second-order valence-corrected chi connectivity index (χ2v) is 6.27. The standard InChI is InChI=1S/C18H21N5O/c1-14-4-2-5-15(10-14)11-24-12-16-6-3-9-22(16)17-7-8-19-18-20-13-21-23(17)18/h2,4-5,7-8,10,13,16H,3,6,9,11-12H2,1H3. The van der Waals surface area contributed by atoms with Gasteiger partial charge in [0, 0.05) is 12.7 Å². The Balaban J connectivity index is 1.44. The van der Waals surface area contributed by atoms with Crippen molar-refractivity contribution < 1.29 is 4.74 Å². The molecule has 1 fully saturated rings. The maximum Gasteiger partial charge on any atom is 0.254 e. The first-order chi connectivity index (χ1) is 11.8. The van der Waals surface area contributed by atoms with E-state index in [-0.39, 0.29) is 0 Å². The van der Waals surface area contributed by atoms with Gasteiger partial charge in [0.15, 0.2) is 0 Å². The molecule has 1 atom stereocenters. The normalized spacial score (nSPS) is 17.7. The Morgan fingerprint density at radius 1 is 1.25 bits per heavy atom. The number of anilines is 1. The fourth-order valence-corrected chi connectivity index (χ4v) is 3.37. The van der Waals surface area contributed by atoms with E-state index in [1.54, 1.807) is 17.0 Å². The smallest absolute Gasteiger partial charge is 0.254 e. The van der Waals surface area contributed by atoms with Gasteiger partial charge >= 0.3 is 0 Å². The predicted molar refractivity (Wildman–Crippen MR) is 92.0 cm³/mol. The summed E-state index contributed by atoms with van der Waals surface area (Å²) in [5.41, 5.74) is 2.49. The van der Waals surface area contributed by atoms with Gasteiger partial charge < -0.3 is 9.64 Å². The molecule has 0 amide bonds. The van der Waals surface area contributed by atoms with Crippen LogP contribution in [-0.4, -0.2) is 38.8 Å². The van der Waals surface area contributed by atoms with Crippen molar-refractivity contribution in [2.24, 2.45) is 0 Å². The molecule has 6 nitrogen and oxygen atoms in total. The lowest BCUT2D eigenvalue weighted by Gasteiger charge is -2.26. The molecule has 1 aliphatic rings. The minimum absolute atomic E-state index is 0.365. The first-order valence-corrected chi connectivity index (χ1v) is 8.36. The fraction of sp³-hybridized carbons (Fsp3) is 0.389. The van der Waals surface area contributed by atoms with Crippen LogP contribution >= 0.6 is 0 Å².